The third-order valence-corrected chi connectivity index (χ3v) is 4.76. The van der Waals surface area contributed by atoms with E-state index in [1.165, 1.54) is 5.56 Å². The Hall–Kier alpha value is -1.55. The molecule has 0 atom stereocenters. The van der Waals surface area contributed by atoms with Crippen LogP contribution >= 0.6 is 23.2 Å². The highest BCUT2D eigenvalue weighted by atomic mass is 35.5. The Morgan fingerprint density at radius 1 is 0.917 bits per heavy atom. The summed E-state index contributed by atoms with van der Waals surface area (Å²) in [5, 5.41) is 0.986. The average Bonchev–Trinajstić information content (AvgIpc) is 2.60. The highest BCUT2D eigenvalue weighted by Gasteiger charge is 2.22. The summed E-state index contributed by atoms with van der Waals surface area (Å²) in [4.78, 5) is 16.9. The molecule has 0 N–H and O–H groups in total. The molecule has 1 fully saturated rings. The Labute approximate surface area is 152 Å². The smallest absolute Gasteiger partial charge is 0.254 e. The van der Waals surface area contributed by atoms with E-state index in [1.807, 2.05) is 11.0 Å². The molecule has 5 heteroatoms. The van der Waals surface area contributed by atoms with E-state index < -0.39 is 0 Å². The number of benzene rings is 2. The minimum absolute atomic E-state index is 0.00195. The summed E-state index contributed by atoms with van der Waals surface area (Å²) in [5.41, 5.74) is 1.91. The van der Waals surface area contributed by atoms with Gasteiger partial charge < -0.3 is 4.90 Å². The van der Waals surface area contributed by atoms with E-state index >= 15 is 0 Å². The van der Waals surface area contributed by atoms with Crippen LogP contribution in [0.1, 0.15) is 15.9 Å². The zero-order valence-electron chi connectivity index (χ0n) is 13.4. The van der Waals surface area contributed by atoms with Gasteiger partial charge in [0.2, 0.25) is 0 Å². The van der Waals surface area contributed by atoms with E-state index in [0.29, 0.717) is 15.6 Å². The first-order chi connectivity index (χ1) is 11.6. The standard InChI is InChI=1S/C19H20Cl2N2O/c20-17-12-16(13-18(21)14-17)19(24)23-10-8-22(9-11-23)7-6-15-4-2-1-3-5-15/h1-5,12-14H,6-11H2. The van der Waals surface area contributed by atoms with Gasteiger partial charge in [-0.05, 0) is 30.2 Å². The van der Waals surface area contributed by atoms with Gasteiger partial charge in [-0.2, -0.15) is 0 Å². The lowest BCUT2D eigenvalue weighted by Crippen LogP contribution is -2.49. The van der Waals surface area contributed by atoms with Gasteiger partial charge >= 0.3 is 0 Å². The molecule has 1 saturated heterocycles. The van der Waals surface area contributed by atoms with E-state index in [1.54, 1.807) is 18.2 Å². The van der Waals surface area contributed by atoms with Gasteiger partial charge in [0.05, 0.1) is 0 Å². The van der Waals surface area contributed by atoms with E-state index in [9.17, 15) is 4.79 Å². The van der Waals surface area contributed by atoms with Gasteiger partial charge in [0.15, 0.2) is 0 Å². The van der Waals surface area contributed by atoms with Crippen molar-refractivity contribution in [1.29, 1.82) is 0 Å². The van der Waals surface area contributed by atoms with Crippen LogP contribution in [0, 0.1) is 0 Å². The van der Waals surface area contributed by atoms with Gasteiger partial charge in [0.1, 0.15) is 0 Å². The van der Waals surface area contributed by atoms with Crippen molar-refractivity contribution in [3.8, 4) is 0 Å². The molecule has 1 heterocycles. The van der Waals surface area contributed by atoms with Gasteiger partial charge in [0, 0.05) is 48.3 Å². The second-order valence-corrected chi connectivity index (χ2v) is 6.90. The lowest BCUT2D eigenvalue weighted by atomic mass is 10.1. The molecule has 0 spiro atoms. The molecule has 3 rings (SSSR count). The number of nitrogens with zero attached hydrogens (tertiary/aromatic N) is 2. The van der Waals surface area contributed by atoms with Crippen molar-refractivity contribution in [1.82, 2.24) is 9.80 Å². The fourth-order valence-corrected chi connectivity index (χ4v) is 3.49. The summed E-state index contributed by atoms with van der Waals surface area (Å²) in [5.74, 6) is 0.00195. The van der Waals surface area contributed by atoms with E-state index in [-0.39, 0.29) is 5.91 Å². The predicted molar refractivity (Wildman–Crippen MR) is 99.0 cm³/mol. The Bertz CT molecular complexity index is 678. The normalized spacial score (nSPS) is 15.5. The lowest BCUT2D eigenvalue weighted by Gasteiger charge is -2.34. The Morgan fingerprint density at radius 2 is 1.54 bits per heavy atom. The summed E-state index contributed by atoms with van der Waals surface area (Å²) in [7, 11) is 0. The number of hydrogen-bond donors (Lipinski definition) is 0. The van der Waals surface area contributed by atoms with Crippen LogP contribution in [0.3, 0.4) is 0 Å². The van der Waals surface area contributed by atoms with E-state index in [0.717, 1.165) is 39.1 Å². The van der Waals surface area contributed by atoms with Crippen molar-refractivity contribution in [2.24, 2.45) is 0 Å². The maximum atomic E-state index is 12.6. The first kappa shape index (κ1) is 17.3. The Balaban J connectivity index is 1.52. The number of halogens is 2. The van der Waals surface area contributed by atoms with Crippen molar-refractivity contribution in [3.05, 3.63) is 69.7 Å². The summed E-state index contributed by atoms with van der Waals surface area (Å²) in [6.07, 6.45) is 1.04. The minimum Gasteiger partial charge on any atom is -0.336 e. The molecule has 0 aliphatic carbocycles. The van der Waals surface area contributed by atoms with Gasteiger partial charge in [-0.3, -0.25) is 9.69 Å². The zero-order valence-corrected chi connectivity index (χ0v) is 14.9. The molecular weight excluding hydrogens is 343 g/mol. The van der Waals surface area contributed by atoms with Crippen LogP contribution in [0.15, 0.2) is 48.5 Å². The van der Waals surface area contributed by atoms with Gasteiger partial charge in [-0.15, -0.1) is 0 Å². The Kier molecular flexibility index (Phi) is 5.77. The highest BCUT2D eigenvalue weighted by Crippen LogP contribution is 2.20. The summed E-state index contributed by atoms with van der Waals surface area (Å²) < 4.78 is 0. The van der Waals surface area contributed by atoms with Crippen LogP contribution < -0.4 is 0 Å². The molecule has 1 aliphatic heterocycles. The molecule has 0 aromatic heterocycles. The molecular formula is C19H20Cl2N2O. The van der Waals surface area contributed by atoms with Crippen LogP contribution in [0.2, 0.25) is 10.0 Å². The minimum atomic E-state index is 0.00195. The number of rotatable bonds is 4. The van der Waals surface area contributed by atoms with Crippen LogP contribution in [0.5, 0.6) is 0 Å². The highest BCUT2D eigenvalue weighted by molar-refractivity contribution is 6.35. The number of carbonyl (C=O) groups excluding carboxylic acids is 1. The molecule has 0 unspecified atom stereocenters. The predicted octanol–water partition coefficient (Wildman–Crippen LogP) is 3.99. The molecule has 1 amide bonds. The number of hydrogen-bond acceptors (Lipinski definition) is 2. The third-order valence-electron chi connectivity index (χ3n) is 4.33. The van der Waals surface area contributed by atoms with Crippen molar-refractivity contribution >= 4 is 29.1 Å². The molecule has 1 aliphatic rings. The quantitative estimate of drug-likeness (QED) is 0.820. The average molecular weight is 363 g/mol. The summed E-state index contributed by atoms with van der Waals surface area (Å²) in [6.45, 7) is 4.28. The largest absolute Gasteiger partial charge is 0.336 e. The zero-order chi connectivity index (χ0) is 16.9. The molecule has 2 aromatic rings. The van der Waals surface area contributed by atoms with Gasteiger partial charge in [0.25, 0.3) is 5.91 Å². The van der Waals surface area contributed by atoms with Crippen molar-refractivity contribution < 1.29 is 4.79 Å². The molecule has 0 saturated carbocycles. The maximum absolute atomic E-state index is 12.6. The van der Waals surface area contributed by atoms with E-state index in [4.69, 9.17) is 23.2 Å². The van der Waals surface area contributed by atoms with Crippen molar-refractivity contribution in [2.45, 2.75) is 6.42 Å². The maximum Gasteiger partial charge on any atom is 0.254 e. The Morgan fingerprint density at radius 3 is 2.17 bits per heavy atom. The van der Waals surface area contributed by atoms with Crippen molar-refractivity contribution in [2.75, 3.05) is 32.7 Å². The summed E-state index contributed by atoms with van der Waals surface area (Å²) in [6, 6.07) is 15.5. The molecule has 0 bridgehead atoms. The van der Waals surface area contributed by atoms with Gasteiger partial charge in [-0.1, -0.05) is 53.5 Å². The molecule has 126 valence electrons. The molecule has 24 heavy (non-hydrogen) atoms. The second kappa shape index (κ2) is 8.02. The number of piperazine rings is 1. The summed E-state index contributed by atoms with van der Waals surface area (Å²) >= 11 is 12.0. The van der Waals surface area contributed by atoms with Crippen LogP contribution in [-0.4, -0.2) is 48.4 Å². The van der Waals surface area contributed by atoms with Crippen molar-refractivity contribution in [3.63, 3.8) is 0 Å². The fraction of sp³-hybridized carbons (Fsp3) is 0.316. The van der Waals surface area contributed by atoms with E-state index in [2.05, 4.69) is 29.2 Å². The van der Waals surface area contributed by atoms with Crippen LogP contribution in [0.25, 0.3) is 0 Å². The van der Waals surface area contributed by atoms with Crippen LogP contribution in [-0.2, 0) is 6.42 Å². The first-order valence-electron chi connectivity index (χ1n) is 8.13. The lowest BCUT2D eigenvalue weighted by molar-refractivity contribution is 0.0638. The fourth-order valence-electron chi connectivity index (χ4n) is 2.97. The van der Waals surface area contributed by atoms with Gasteiger partial charge in [-0.25, -0.2) is 0 Å². The molecule has 0 radical (unpaired) electrons. The SMILES string of the molecule is O=C(c1cc(Cl)cc(Cl)c1)N1CCN(CCc2ccccc2)CC1. The third kappa shape index (κ3) is 4.50. The number of amides is 1. The number of carbonyl (C=O) groups is 1. The topological polar surface area (TPSA) is 23.6 Å². The molecule has 2 aromatic carbocycles. The second-order valence-electron chi connectivity index (χ2n) is 6.03. The first-order valence-corrected chi connectivity index (χ1v) is 8.89. The van der Waals surface area contributed by atoms with Crippen LogP contribution in [0.4, 0.5) is 0 Å². The monoisotopic (exact) mass is 362 g/mol. The molecule has 3 nitrogen and oxygen atoms in total.